The third-order valence-corrected chi connectivity index (χ3v) is 3.15. The van der Waals surface area contributed by atoms with Crippen LogP contribution in [0.2, 0.25) is 5.02 Å². The highest BCUT2D eigenvalue weighted by Crippen LogP contribution is 2.34. The van der Waals surface area contributed by atoms with Gasteiger partial charge in [-0.3, -0.25) is 9.59 Å². The van der Waals surface area contributed by atoms with Crippen LogP contribution in [0.5, 0.6) is 0 Å². The lowest BCUT2D eigenvalue weighted by molar-refractivity contribution is -0.114. The fourth-order valence-electron chi connectivity index (χ4n) is 1.79. The Morgan fingerprint density at radius 2 is 2.12 bits per heavy atom. The van der Waals surface area contributed by atoms with Crippen molar-refractivity contribution in [1.82, 2.24) is 0 Å². The van der Waals surface area contributed by atoms with Gasteiger partial charge in [-0.25, -0.2) is 0 Å². The first kappa shape index (κ1) is 11.9. The summed E-state index contributed by atoms with van der Waals surface area (Å²) >= 11 is 5.94. The van der Waals surface area contributed by atoms with Gasteiger partial charge in [0.25, 0.3) is 11.7 Å². The SMILES string of the molecule is C=C(CC)CN1C(=O)C(=O)c2c(Cl)cccc21. The highest BCUT2D eigenvalue weighted by atomic mass is 35.5. The van der Waals surface area contributed by atoms with E-state index in [0.29, 0.717) is 22.8 Å². The molecule has 1 heterocycles. The number of carbonyl (C=O) groups is 2. The Hall–Kier alpha value is -1.61. The maximum Gasteiger partial charge on any atom is 0.299 e. The summed E-state index contributed by atoms with van der Waals surface area (Å²) in [6, 6.07) is 5.07. The van der Waals surface area contributed by atoms with Crippen molar-refractivity contribution >= 4 is 29.0 Å². The van der Waals surface area contributed by atoms with Crippen molar-refractivity contribution in [1.29, 1.82) is 0 Å². The van der Waals surface area contributed by atoms with E-state index in [4.69, 9.17) is 11.6 Å². The number of rotatable bonds is 3. The average Bonchev–Trinajstić information content (AvgIpc) is 2.55. The highest BCUT2D eigenvalue weighted by molar-refractivity contribution is 6.55. The molecular formula is C13H12ClNO2. The van der Waals surface area contributed by atoms with Crippen LogP contribution in [0.4, 0.5) is 5.69 Å². The van der Waals surface area contributed by atoms with Crippen LogP contribution >= 0.6 is 11.6 Å². The number of Topliss-reactive ketones (excluding diaryl/α,β-unsaturated/α-hetero) is 1. The summed E-state index contributed by atoms with van der Waals surface area (Å²) in [5, 5.41) is 0.325. The first-order valence-corrected chi connectivity index (χ1v) is 5.75. The Morgan fingerprint density at radius 3 is 2.76 bits per heavy atom. The number of halogens is 1. The Kier molecular flexibility index (Phi) is 3.03. The molecule has 1 aromatic carbocycles. The normalized spacial score (nSPS) is 14.1. The zero-order valence-corrected chi connectivity index (χ0v) is 10.3. The topological polar surface area (TPSA) is 37.4 Å². The number of carbonyl (C=O) groups excluding carboxylic acids is 2. The van der Waals surface area contributed by atoms with Gasteiger partial charge in [0.05, 0.1) is 16.3 Å². The zero-order valence-electron chi connectivity index (χ0n) is 9.50. The molecule has 0 aliphatic carbocycles. The van der Waals surface area contributed by atoms with Gasteiger partial charge in [0.1, 0.15) is 0 Å². The van der Waals surface area contributed by atoms with Crippen LogP contribution in [0.15, 0.2) is 30.4 Å². The first-order valence-electron chi connectivity index (χ1n) is 5.37. The molecule has 0 unspecified atom stereocenters. The Morgan fingerprint density at radius 1 is 1.41 bits per heavy atom. The zero-order chi connectivity index (χ0) is 12.6. The van der Waals surface area contributed by atoms with Gasteiger partial charge in [-0.1, -0.05) is 36.7 Å². The summed E-state index contributed by atoms with van der Waals surface area (Å²) in [6.45, 7) is 6.18. The van der Waals surface area contributed by atoms with Crippen molar-refractivity contribution in [2.45, 2.75) is 13.3 Å². The van der Waals surface area contributed by atoms with E-state index in [0.717, 1.165) is 12.0 Å². The number of anilines is 1. The molecule has 1 aliphatic heterocycles. The van der Waals surface area contributed by atoms with Crippen LogP contribution in [-0.4, -0.2) is 18.2 Å². The van der Waals surface area contributed by atoms with E-state index >= 15 is 0 Å². The molecule has 0 N–H and O–H groups in total. The Labute approximate surface area is 105 Å². The van der Waals surface area contributed by atoms with Crippen LogP contribution in [0.1, 0.15) is 23.7 Å². The number of nitrogens with zero attached hydrogens (tertiary/aromatic N) is 1. The molecule has 0 radical (unpaired) electrons. The number of amides is 1. The molecule has 0 atom stereocenters. The molecule has 3 nitrogen and oxygen atoms in total. The molecule has 1 amide bonds. The minimum Gasteiger partial charge on any atom is -0.301 e. The summed E-state index contributed by atoms with van der Waals surface area (Å²) in [4.78, 5) is 25.1. The lowest BCUT2D eigenvalue weighted by Gasteiger charge is -2.17. The van der Waals surface area contributed by atoms with Crippen LogP contribution < -0.4 is 4.90 Å². The van der Waals surface area contributed by atoms with Crippen LogP contribution in [-0.2, 0) is 4.79 Å². The van der Waals surface area contributed by atoms with E-state index in [1.165, 1.54) is 4.90 Å². The molecule has 0 spiro atoms. The predicted octanol–water partition coefficient (Wildman–Crippen LogP) is 2.84. The van der Waals surface area contributed by atoms with E-state index in [-0.39, 0.29) is 0 Å². The molecule has 0 saturated carbocycles. The second-order valence-corrected chi connectivity index (χ2v) is 4.37. The van der Waals surface area contributed by atoms with Crippen molar-refractivity contribution in [3.63, 3.8) is 0 Å². The van der Waals surface area contributed by atoms with Gasteiger partial charge in [0, 0.05) is 6.54 Å². The predicted molar refractivity (Wildman–Crippen MR) is 67.6 cm³/mol. The molecule has 0 saturated heterocycles. The highest BCUT2D eigenvalue weighted by Gasteiger charge is 2.37. The number of hydrogen-bond acceptors (Lipinski definition) is 2. The molecule has 2 rings (SSSR count). The van der Waals surface area contributed by atoms with Crippen molar-refractivity contribution < 1.29 is 9.59 Å². The standard InChI is InChI=1S/C13H12ClNO2/c1-3-8(2)7-15-10-6-4-5-9(14)11(10)12(16)13(15)17/h4-6H,2-3,7H2,1H3. The fraction of sp³-hybridized carbons (Fsp3) is 0.231. The van der Waals surface area contributed by atoms with Gasteiger partial charge in [-0.15, -0.1) is 0 Å². The largest absolute Gasteiger partial charge is 0.301 e. The lowest BCUT2D eigenvalue weighted by atomic mass is 10.1. The van der Waals surface area contributed by atoms with Crippen LogP contribution in [0.3, 0.4) is 0 Å². The number of ketones is 1. The summed E-state index contributed by atoms with van der Waals surface area (Å²) < 4.78 is 0. The van der Waals surface area contributed by atoms with Gasteiger partial charge in [0.2, 0.25) is 0 Å². The Balaban J connectivity index is 2.45. The summed E-state index contributed by atoms with van der Waals surface area (Å²) in [6.07, 6.45) is 0.772. The lowest BCUT2D eigenvalue weighted by Crippen LogP contribution is -2.31. The summed E-state index contributed by atoms with van der Waals surface area (Å²) in [7, 11) is 0. The van der Waals surface area contributed by atoms with Gasteiger partial charge in [-0.05, 0) is 18.6 Å². The molecular weight excluding hydrogens is 238 g/mol. The summed E-state index contributed by atoms with van der Waals surface area (Å²) in [5.41, 5.74) is 1.80. The minimum atomic E-state index is -0.533. The average molecular weight is 250 g/mol. The first-order chi connectivity index (χ1) is 8.06. The quantitative estimate of drug-likeness (QED) is 0.610. The summed E-state index contributed by atoms with van der Waals surface area (Å²) in [5.74, 6) is -1.06. The van der Waals surface area contributed by atoms with Gasteiger partial charge in [0.15, 0.2) is 0 Å². The second-order valence-electron chi connectivity index (χ2n) is 3.96. The third-order valence-electron chi connectivity index (χ3n) is 2.83. The molecule has 1 aliphatic rings. The molecule has 0 bridgehead atoms. The second kappa shape index (κ2) is 4.34. The Bertz CT molecular complexity index is 522. The molecule has 4 heteroatoms. The van der Waals surface area contributed by atoms with Crippen molar-refractivity contribution in [2.75, 3.05) is 11.4 Å². The third kappa shape index (κ3) is 1.87. The number of benzene rings is 1. The van der Waals surface area contributed by atoms with Crippen molar-refractivity contribution in [3.05, 3.63) is 40.9 Å². The molecule has 1 aromatic rings. The smallest absolute Gasteiger partial charge is 0.299 e. The fourth-order valence-corrected chi connectivity index (χ4v) is 2.05. The van der Waals surface area contributed by atoms with E-state index < -0.39 is 11.7 Å². The van der Waals surface area contributed by atoms with E-state index in [1.54, 1.807) is 18.2 Å². The van der Waals surface area contributed by atoms with Gasteiger partial charge < -0.3 is 4.90 Å². The molecule has 0 aromatic heterocycles. The van der Waals surface area contributed by atoms with Crippen molar-refractivity contribution in [2.24, 2.45) is 0 Å². The van der Waals surface area contributed by atoms with Crippen LogP contribution in [0, 0.1) is 0 Å². The van der Waals surface area contributed by atoms with Crippen LogP contribution in [0.25, 0.3) is 0 Å². The minimum absolute atomic E-state index is 0.308. The van der Waals surface area contributed by atoms with Crippen molar-refractivity contribution in [3.8, 4) is 0 Å². The maximum atomic E-state index is 11.8. The van der Waals surface area contributed by atoms with E-state index in [1.807, 2.05) is 6.92 Å². The number of hydrogen-bond donors (Lipinski definition) is 0. The monoisotopic (exact) mass is 249 g/mol. The van der Waals surface area contributed by atoms with Gasteiger partial charge in [-0.2, -0.15) is 0 Å². The molecule has 17 heavy (non-hydrogen) atoms. The van der Waals surface area contributed by atoms with E-state index in [2.05, 4.69) is 6.58 Å². The van der Waals surface area contributed by atoms with E-state index in [9.17, 15) is 9.59 Å². The molecule has 88 valence electrons. The van der Waals surface area contributed by atoms with Gasteiger partial charge >= 0.3 is 0 Å². The maximum absolute atomic E-state index is 11.8. The number of fused-ring (bicyclic) bond motifs is 1. The molecule has 0 fully saturated rings.